The number of carbonyl (C=O) groups excluding carboxylic acids is 2. The van der Waals surface area contributed by atoms with Gasteiger partial charge in [-0.2, -0.15) is 4.99 Å². The van der Waals surface area contributed by atoms with Gasteiger partial charge in [-0.1, -0.05) is 69.7 Å². The summed E-state index contributed by atoms with van der Waals surface area (Å²) in [6.45, 7) is 1.11. The normalized spacial score (nSPS) is 11.7. The van der Waals surface area contributed by atoms with Gasteiger partial charge in [0.1, 0.15) is 0 Å². The van der Waals surface area contributed by atoms with Gasteiger partial charge in [-0.05, 0) is 30.3 Å². The number of ketones is 1. The third-order valence-corrected chi connectivity index (χ3v) is 6.33. The lowest BCUT2D eigenvalue weighted by molar-refractivity contribution is 0.0994. The Morgan fingerprint density at radius 1 is 0.968 bits per heavy atom. The van der Waals surface area contributed by atoms with Gasteiger partial charge in [-0.25, -0.2) is 0 Å². The maximum atomic E-state index is 12.8. The Labute approximate surface area is 191 Å². The fraction of sp³-hybridized carbons (Fsp3) is 0.125. The first-order valence-corrected chi connectivity index (χ1v) is 11.2. The fourth-order valence-corrected chi connectivity index (χ4v) is 4.81. The van der Waals surface area contributed by atoms with Crippen LogP contribution in [0.5, 0.6) is 0 Å². The summed E-state index contributed by atoms with van der Waals surface area (Å²) in [4.78, 5) is 30.4. The average Bonchev–Trinajstić information content (AvgIpc) is 3.13. The van der Waals surface area contributed by atoms with Crippen LogP contribution < -0.4 is 4.80 Å². The summed E-state index contributed by atoms with van der Waals surface area (Å²) in [7, 11) is 1.64. The first kappa shape index (κ1) is 21.4. The Morgan fingerprint density at radius 2 is 1.65 bits per heavy atom. The molecule has 7 heteroatoms. The van der Waals surface area contributed by atoms with E-state index >= 15 is 0 Å². The van der Waals surface area contributed by atoms with E-state index in [0.29, 0.717) is 34.6 Å². The van der Waals surface area contributed by atoms with Gasteiger partial charge < -0.3 is 9.30 Å². The molecule has 4 rings (SSSR count). The van der Waals surface area contributed by atoms with Gasteiger partial charge in [0.05, 0.1) is 16.8 Å². The van der Waals surface area contributed by atoms with Gasteiger partial charge in [-0.3, -0.25) is 9.59 Å². The molecular weight excluding hydrogens is 476 g/mol. The number of benzene rings is 3. The zero-order valence-corrected chi connectivity index (χ0v) is 19.2. The first-order chi connectivity index (χ1) is 15.1. The molecular formula is C24H19BrN2O3S. The van der Waals surface area contributed by atoms with Gasteiger partial charge in [0, 0.05) is 34.8 Å². The summed E-state index contributed by atoms with van der Waals surface area (Å²) in [6, 6.07) is 21.7. The molecule has 0 N–H and O–H groups in total. The monoisotopic (exact) mass is 494 g/mol. The highest BCUT2D eigenvalue weighted by Crippen LogP contribution is 2.22. The third kappa shape index (κ3) is 4.74. The Morgan fingerprint density at radius 3 is 2.35 bits per heavy atom. The van der Waals surface area contributed by atoms with Crippen molar-refractivity contribution in [3.63, 3.8) is 0 Å². The molecule has 156 valence electrons. The molecule has 0 fully saturated rings. The average molecular weight is 495 g/mol. The number of nitrogens with zero attached hydrogens (tertiary/aromatic N) is 2. The van der Waals surface area contributed by atoms with E-state index in [-0.39, 0.29) is 11.7 Å². The summed E-state index contributed by atoms with van der Waals surface area (Å²) in [5.74, 6) is -0.431. The van der Waals surface area contributed by atoms with Crippen LogP contribution >= 0.6 is 27.3 Å². The summed E-state index contributed by atoms with van der Waals surface area (Å²) in [5, 5.41) is 0. The number of halogens is 1. The van der Waals surface area contributed by atoms with Crippen LogP contribution in [0, 0.1) is 0 Å². The number of carbonyl (C=O) groups is 2. The molecule has 4 aromatic rings. The van der Waals surface area contributed by atoms with Crippen LogP contribution in [0.15, 0.2) is 82.3 Å². The number of rotatable bonds is 6. The Bertz CT molecular complexity index is 1310. The van der Waals surface area contributed by atoms with Crippen molar-refractivity contribution in [1.29, 1.82) is 0 Å². The lowest BCUT2D eigenvalue weighted by Crippen LogP contribution is -2.19. The van der Waals surface area contributed by atoms with Crippen LogP contribution in [-0.2, 0) is 11.3 Å². The molecule has 0 saturated carbocycles. The Kier molecular flexibility index (Phi) is 6.56. The van der Waals surface area contributed by atoms with Gasteiger partial charge in [-0.15, -0.1) is 0 Å². The quantitative estimate of drug-likeness (QED) is 0.351. The molecule has 1 amide bonds. The van der Waals surface area contributed by atoms with E-state index in [4.69, 9.17) is 4.74 Å². The van der Waals surface area contributed by atoms with E-state index in [9.17, 15) is 9.59 Å². The van der Waals surface area contributed by atoms with Crippen molar-refractivity contribution in [3.8, 4) is 0 Å². The van der Waals surface area contributed by atoms with Gasteiger partial charge in [0.15, 0.2) is 10.6 Å². The van der Waals surface area contributed by atoms with Crippen molar-refractivity contribution in [3.05, 3.63) is 98.8 Å². The second-order valence-corrected chi connectivity index (χ2v) is 8.76. The minimum absolute atomic E-state index is 0.0796. The number of methoxy groups -OCH3 is 1. The second-order valence-electron chi connectivity index (χ2n) is 6.83. The number of amides is 1. The van der Waals surface area contributed by atoms with Crippen molar-refractivity contribution >= 4 is 49.2 Å². The number of hydrogen-bond acceptors (Lipinski definition) is 4. The summed E-state index contributed by atoms with van der Waals surface area (Å²) in [6.07, 6.45) is 0. The summed E-state index contributed by atoms with van der Waals surface area (Å²) in [5.41, 5.74) is 2.58. The number of aromatic nitrogens is 1. The topological polar surface area (TPSA) is 60.7 Å². The smallest absolute Gasteiger partial charge is 0.279 e. The standard InChI is InChI=1S/C24H19BrN2O3S/c1-30-14-13-27-20-12-11-19(25)15-21(20)31-24(27)26-23(29)18-9-7-17(8-10-18)22(28)16-5-3-2-4-6-16/h2-12,15H,13-14H2,1H3. The molecule has 0 radical (unpaired) electrons. The molecule has 0 aliphatic heterocycles. The highest BCUT2D eigenvalue weighted by Gasteiger charge is 2.12. The molecule has 0 aliphatic rings. The molecule has 0 spiro atoms. The predicted octanol–water partition coefficient (Wildman–Crippen LogP) is 5.08. The van der Waals surface area contributed by atoms with Gasteiger partial charge in [0.25, 0.3) is 5.91 Å². The van der Waals surface area contributed by atoms with E-state index in [0.717, 1.165) is 14.7 Å². The van der Waals surface area contributed by atoms with E-state index in [1.165, 1.54) is 11.3 Å². The van der Waals surface area contributed by atoms with Crippen molar-refractivity contribution in [1.82, 2.24) is 4.57 Å². The molecule has 0 saturated heterocycles. The maximum absolute atomic E-state index is 12.8. The number of fused-ring (bicyclic) bond motifs is 1. The maximum Gasteiger partial charge on any atom is 0.279 e. The van der Waals surface area contributed by atoms with Crippen LogP contribution in [0.1, 0.15) is 26.3 Å². The highest BCUT2D eigenvalue weighted by molar-refractivity contribution is 9.10. The SMILES string of the molecule is COCCn1c(=NC(=O)c2ccc(C(=O)c3ccccc3)cc2)sc2cc(Br)ccc21. The van der Waals surface area contributed by atoms with E-state index in [2.05, 4.69) is 20.9 Å². The number of ether oxygens (including phenoxy) is 1. The van der Waals surface area contributed by atoms with Crippen molar-refractivity contribution in [2.45, 2.75) is 6.54 Å². The highest BCUT2D eigenvalue weighted by atomic mass is 79.9. The summed E-state index contributed by atoms with van der Waals surface area (Å²) >= 11 is 4.94. The zero-order chi connectivity index (χ0) is 21.8. The Hall–Kier alpha value is -2.87. The van der Waals surface area contributed by atoms with Crippen molar-refractivity contribution in [2.75, 3.05) is 13.7 Å². The Balaban J connectivity index is 1.65. The molecule has 0 bridgehead atoms. The molecule has 5 nitrogen and oxygen atoms in total. The lowest BCUT2D eigenvalue weighted by atomic mass is 10.0. The molecule has 0 atom stereocenters. The van der Waals surface area contributed by atoms with Crippen LogP contribution in [0.25, 0.3) is 10.2 Å². The lowest BCUT2D eigenvalue weighted by Gasteiger charge is -2.04. The number of thiazole rings is 1. The number of hydrogen-bond donors (Lipinski definition) is 0. The zero-order valence-electron chi connectivity index (χ0n) is 16.7. The molecule has 1 aromatic heterocycles. The predicted molar refractivity (Wildman–Crippen MR) is 126 cm³/mol. The van der Waals surface area contributed by atoms with Crippen LogP contribution in [0.4, 0.5) is 0 Å². The first-order valence-electron chi connectivity index (χ1n) is 9.63. The van der Waals surface area contributed by atoms with E-state index in [1.54, 1.807) is 43.5 Å². The molecule has 1 heterocycles. The van der Waals surface area contributed by atoms with Crippen molar-refractivity contribution < 1.29 is 14.3 Å². The van der Waals surface area contributed by atoms with E-state index in [1.807, 2.05) is 41.0 Å². The van der Waals surface area contributed by atoms with Crippen LogP contribution in [0.2, 0.25) is 0 Å². The molecule has 31 heavy (non-hydrogen) atoms. The van der Waals surface area contributed by atoms with E-state index < -0.39 is 0 Å². The second kappa shape index (κ2) is 9.51. The molecule has 0 unspecified atom stereocenters. The minimum atomic E-state index is -0.351. The molecule has 3 aromatic carbocycles. The minimum Gasteiger partial charge on any atom is -0.383 e. The summed E-state index contributed by atoms with van der Waals surface area (Å²) < 4.78 is 9.21. The van der Waals surface area contributed by atoms with Gasteiger partial charge in [0.2, 0.25) is 0 Å². The largest absolute Gasteiger partial charge is 0.383 e. The molecule has 0 aliphatic carbocycles. The van der Waals surface area contributed by atoms with Crippen molar-refractivity contribution in [2.24, 2.45) is 4.99 Å². The fourth-order valence-electron chi connectivity index (χ4n) is 3.20. The van der Waals surface area contributed by atoms with Gasteiger partial charge >= 0.3 is 0 Å². The third-order valence-electron chi connectivity index (χ3n) is 4.79. The van der Waals surface area contributed by atoms with Crippen LogP contribution in [0.3, 0.4) is 0 Å². The van der Waals surface area contributed by atoms with Crippen LogP contribution in [-0.4, -0.2) is 30.0 Å².